The van der Waals surface area contributed by atoms with Gasteiger partial charge in [0, 0.05) is 27.2 Å². The van der Waals surface area contributed by atoms with Crippen LogP contribution in [0.3, 0.4) is 0 Å². The van der Waals surface area contributed by atoms with Crippen molar-refractivity contribution in [1.29, 1.82) is 10.5 Å². The molecule has 2 aromatic heterocycles. The molecule has 0 amide bonds. The second kappa shape index (κ2) is 22.8. The molecule has 0 saturated heterocycles. The molecule has 38 heteroatoms. The maximum atomic E-state index is 12.8. The standard InChI is InChI=1S/C40H38N14O18S6/c1-53(17-3-15-41)39-49-35(47-37(51-39)45-29-21-27(73(55,56)57)11-13-31(29)75(61,62)63)43-25-9-7-23(33(19-25)77(67,68)69)5-6-24-8-10-26(20-34(24)78(70,71)72)44-36-48-38(52-40(50-36)54(2)18-4-16-42)46-30-22-28(74(58,59)60)12-14-32(30)76(64,65)66/h5-14,19-22H,3-4,17-18H2,1-2H3,(H,55,56,57)(H,58,59,60)(H,61,62,63)(H,64,65,66)(H,67,68,69)(H,70,71,72)(H2,43,45,47,49,51)(H2,44,46,48,50,52)/b6-5+. The zero-order chi connectivity index (χ0) is 57.8. The van der Waals surface area contributed by atoms with Crippen LogP contribution in [0.1, 0.15) is 24.0 Å². The lowest BCUT2D eigenvalue weighted by Gasteiger charge is -2.15. The van der Waals surface area contributed by atoms with Gasteiger partial charge in [-0.05, 0) is 71.8 Å². The molecule has 6 rings (SSSR count). The Kier molecular flexibility index (Phi) is 17.3. The zero-order valence-corrected chi connectivity index (χ0v) is 44.3. The van der Waals surface area contributed by atoms with E-state index < -0.39 is 124 Å². The average Bonchev–Trinajstić information content (AvgIpc) is 3.32. The molecule has 0 fully saturated rings. The summed E-state index contributed by atoms with van der Waals surface area (Å²) in [5.41, 5.74) is -4.28. The van der Waals surface area contributed by atoms with E-state index in [1.165, 1.54) is 36.0 Å². The van der Waals surface area contributed by atoms with Gasteiger partial charge in [-0.1, -0.05) is 24.3 Å². The highest BCUT2D eigenvalue weighted by Gasteiger charge is 2.23. The van der Waals surface area contributed by atoms with E-state index in [2.05, 4.69) is 49.9 Å². The van der Waals surface area contributed by atoms with Gasteiger partial charge in [0.25, 0.3) is 60.7 Å². The lowest BCUT2D eigenvalue weighted by atomic mass is 10.1. The number of H-pyrrole nitrogens is 4. The number of aromatic nitrogens is 6. The average molecular weight is 1200 g/mol. The molecule has 2 heterocycles. The van der Waals surface area contributed by atoms with Gasteiger partial charge < -0.3 is 9.80 Å². The third kappa shape index (κ3) is 15.3. The first-order valence-corrected chi connectivity index (χ1v) is 29.6. The quantitative estimate of drug-likeness (QED) is 0.0425. The summed E-state index contributed by atoms with van der Waals surface area (Å²) >= 11 is 0. The molecule has 0 atom stereocenters. The maximum Gasteiger partial charge on any atom is 0.296 e. The van der Waals surface area contributed by atoms with E-state index in [9.17, 15) is 77.8 Å². The van der Waals surface area contributed by atoms with Crippen LogP contribution in [-0.2, 0) is 60.7 Å². The van der Waals surface area contributed by atoms with E-state index in [1.54, 1.807) is 0 Å². The van der Waals surface area contributed by atoms with E-state index in [0.29, 0.717) is 36.4 Å². The lowest BCUT2D eigenvalue weighted by molar-refractivity contribution is 0.478. The highest BCUT2D eigenvalue weighted by Crippen LogP contribution is 2.30. The van der Waals surface area contributed by atoms with Crippen LogP contribution in [-0.4, -0.2) is 135 Å². The van der Waals surface area contributed by atoms with Crippen LogP contribution in [0, 0.1) is 22.7 Å². The molecule has 0 bridgehead atoms. The van der Waals surface area contributed by atoms with Gasteiger partial charge in [-0.2, -0.15) is 71.0 Å². The highest BCUT2D eigenvalue weighted by atomic mass is 32.2. The predicted octanol–water partition coefficient (Wildman–Crippen LogP) is 1.07. The van der Waals surface area contributed by atoms with Crippen LogP contribution < -0.4 is 32.3 Å². The van der Waals surface area contributed by atoms with Crippen molar-refractivity contribution < 1.29 is 77.8 Å². The largest absolute Gasteiger partial charge is 0.344 e. The van der Waals surface area contributed by atoms with Crippen LogP contribution in [0.2, 0.25) is 0 Å². The minimum Gasteiger partial charge on any atom is -0.344 e. The number of nitriles is 2. The fourth-order valence-electron chi connectivity index (χ4n) is 6.52. The molecule has 6 aromatic rings. The second-order valence-electron chi connectivity index (χ2n) is 15.7. The fraction of sp³-hybridized carbons (Fsp3) is 0.150. The van der Waals surface area contributed by atoms with Crippen molar-refractivity contribution >= 4 is 108 Å². The van der Waals surface area contributed by atoms with Gasteiger partial charge in [0.1, 0.15) is 19.6 Å². The first-order chi connectivity index (χ1) is 36.1. The summed E-state index contributed by atoms with van der Waals surface area (Å²) < 4.78 is 207. The molecular formula is C40H38N14O18S6. The number of nitrogens with zero attached hydrogens (tertiary/aromatic N) is 10. The molecule has 10 N–H and O–H groups in total. The summed E-state index contributed by atoms with van der Waals surface area (Å²) in [6, 6.07) is 14.0. The summed E-state index contributed by atoms with van der Waals surface area (Å²) in [5.74, 6) is -0.242. The van der Waals surface area contributed by atoms with Crippen molar-refractivity contribution in [3.8, 4) is 12.1 Å². The van der Waals surface area contributed by atoms with Crippen molar-refractivity contribution in [2.75, 3.05) is 37.0 Å². The Bertz CT molecular complexity index is 4250. The second-order valence-corrected chi connectivity index (χ2v) is 24.1. The minimum absolute atomic E-state index is 0.0249. The van der Waals surface area contributed by atoms with Crippen molar-refractivity contribution in [3.63, 3.8) is 0 Å². The molecule has 0 saturated carbocycles. The number of aromatic amines is 4. The summed E-state index contributed by atoms with van der Waals surface area (Å²) in [4.78, 5) is 33.1. The smallest absolute Gasteiger partial charge is 0.296 e. The minimum atomic E-state index is -5.16. The van der Waals surface area contributed by atoms with Gasteiger partial charge in [-0.25, -0.2) is 20.0 Å². The molecule has 0 aliphatic rings. The highest BCUT2D eigenvalue weighted by molar-refractivity contribution is 7.87. The van der Waals surface area contributed by atoms with Crippen LogP contribution in [0.5, 0.6) is 0 Å². The Morgan fingerprint density at radius 3 is 1.13 bits per heavy atom. The Labute approximate surface area is 441 Å². The summed E-state index contributed by atoms with van der Waals surface area (Å²) in [5, 5.41) is 18.3. The van der Waals surface area contributed by atoms with Gasteiger partial charge in [0.05, 0.1) is 57.5 Å². The van der Waals surface area contributed by atoms with Crippen molar-refractivity contribution in [3.05, 3.63) is 106 Å². The molecule has 0 radical (unpaired) electrons. The van der Waals surface area contributed by atoms with Crippen molar-refractivity contribution in [1.82, 2.24) is 29.9 Å². The van der Waals surface area contributed by atoms with Crippen LogP contribution in [0.15, 0.2) is 122 Å². The summed E-state index contributed by atoms with van der Waals surface area (Å²) in [6.45, 7) is 0.0499. The van der Waals surface area contributed by atoms with Gasteiger partial charge in [-0.3, -0.25) is 47.3 Å². The third-order valence-electron chi connectivity index (χ3n) is 10.1. The zero-order valence-electron chi connectivity index (χ0n) is 39.4. The topological polar surface area (TPSA) is 519 Å². The number of hydrogen-bond donors (Lipinski definition) is 10. The van der Waals surface area contributed by atoms with Crippen molar-refractivity contribution in [2.24, 2.45) is 20.0 Å². The van der Waals surface area contributed by atoms with E-state index >= 15 is 0 Å². The van der Waals surface area contributed by atoms with E-state index in [4.69, 9.17) is 10.5 Å². The molecule has 78 heavy (non-hydrogen) atoms. The number of anilines is 2. The van der Waals surface area contributed by atoms with Crippen LogP contribution in [0.4, 0.5) is 34.6 Å². The number of hydrogen-bond acceptors (Lipinski definition) is 22. The molecule has 412 valence electrons. The monoisotopic (exact) mass is 1190 g/mol. The molecular weight excluding hydrogens is 1160 g/mol. The number of rotatable bonds is 18. The first-order valence-electron chi connectivity index (χ1n) is 21.0. The fourth-order valence-corrected chi connectivity index (χ4v) is 10.1. The number of benzene rings is 4. The molecule has 0 spiro atoms. The molecule has 32 nitrogen and oxygen atoms in total. The molecule has 4 aromatic carbocycles. The molecule has 0 aliphatic carbocycles. The van der Waals surface area contributed by atoms with Crippen molar-refractivity contribution in [2.45, 2.75) is 42.2 Å². The van der Waals surface area contributed by atoms with E-state index in [1.807, 2.05) is 12.1 Å². The SMILES string of the molecule is CN(CCC#N)c1nc(=Nc2ccc(/C=C/c3ccc(N=c4nc(N(C)CCC#N)[nH]c(=Nc5cc(S(=O)(=O)O)ccc5S(=O)(=O)O)[nH]4)cc3S(=O)(=O)O)c(S(=O)(=O)O)c2)[nH]c(=Nc2cc(S(=O)(=O)O)ccc2S(=O)(=O)O)[nH]1. The Balaban J connectivity index is 1.47. The van der Waals surface area contributed by atoms with Gasteiger partial charge in [-0.15, -0.1) is 0 Å². The maximum absolute atomic E-state index is 12.8. The predicted molar refractivity (Wildman–Crippen MR) is 267 cm³/mol. The number of nitrogens with one attached hydrogen (secondary N) is 4. The van der Waals surface area contributed by atoms with Gasteiger partial charge in [0.15, 0.2) is 0 Å². The molecule has 0 unspecified atom stereocenters. The Morgan fingerprint density at radius 1 is 0.474 bits per heavy atom. The third-order valence-corrected chi connectivity index (χ3v) is 15.4. The van der Waals surface area contributed by atoms with Crippen LogP contribution in [0.25, 0.3) is 12.2 Å². The normalized spacial score (nSPS) is 13.7. The van der Waals surface area contributed by atoms with Gasteiger partial charge >= 0.3 is 0 Å². The summed E-state index contributed by atoms with van der Waals surface area (Å²) in [6.07, 6.45) is 1.96. The van der Waals surface area contributed by atoms with Gasteiger partial charge in [0.2, 0.25) is 34.4 Å². The Hall–Kier alpha value is -8.12. The Morgan fingerprint density at radius 2 is 0.821 bits per heavy atom. The lowest BCUT2D eigenvalue weighted by Crippen LogP contribution is -2.32. The first kappa shape index (κ1) is 59.1. The van der Waals surface area contributed by atoms with E-state index in [0.717, 1.165) is 36.4 Å². The van der Waals surface area contributed by atoms with E-state index in [-0.39, 0.29) is 60.3 Å². The molecule has 0 aliphatic heterocycles. The van der Waals surface area contributed by atoms with Crippen LogP contribution >= 0.6 is 0 Å². The summed E-state index contributed by atoms with van der Waals surface area (Å²) in [7, 11) is -27.4.